The van der Waals surface area contributed by atoms with Crippen LogP contribution in [0.3, 0.4) is 0 Å². The summed E-state index contributed by atoms with van der Waals surface area (Å²) in [6.45, 7) is 0. The number of amides is 2. The van der Waals surface area contributed by atoms with Gasteiger partial charge in [0.1, 0.15) is 5.75 Å². The van der Waals surface area contributed by atoms with E-state index in [9.17, 15) is 9.59 Å². The SMILES string of the molecule is COc1ccccc1-c1nnc(SCC(=O)Nc2ccc(C(N)=O)cc2)o1. The van der Waals surface area contributed by atoms with Crippen molar-refractivity contribution < 1.29 is 18.7 Å². The van der Waals surface area contributed by atoms with Crippen molar-refractivity contribution in [2.45, 2.75) is 5.22 Å². The molecule has 0 saturated heterocycles. The van der Waals surface area contributed by atoms with Crippen LogP contribution in [-0.4, -0.2) is 34.9 Å². The number of primary amides is 1. The number of carbonyl (C=O) groups is 2. The highest BCUT2D eigenvalue weighted by molar-refractivity contribution is 7.99. The van der Waals surface area contributed by atoms with Gasteiger partial charge in [-0.25, -0.2) is 0 Å². The fourth-order valence-electron chi connectivity index (χ4n) is 2.24. The molecule has 0 aliphatic carbocycles. The zero-order valence-corrected chi connectivity index (χ0v) is 15.2. The minimum Gasteiger partial charge on any atom is -0.496 e. The maximum absolute atomic E-state index is 12.0. The summed E-state index contributed by atoms with van der Waals surface area (Å²) in [5, 5.41) is 10.9. The molecule has 0 spiro atoms. The van der Waals surface area contributed by atoms with Crippen molar-refractivity contribution in [2.24, 2.45) is 5.73 Å². The molecule has 9 heteroatoms. The number of ether oxygens (including phenoxy) is 1. The maximum Gasteiger partial charge on any atom is 0.277 e. The normalized spacial score (nSPS) is 10.4. The number of rotatable bonds is 7. The number of thioether (sulfide) groups is 1. The molecule has 2 amide bonds. The van der Waals surface area contributed by atoms with Crippen LogP contribution in [0.15, 0.2) is 58.2 Å². The average Bonchev–Trinajstić information content (AvgIpc) is 3.15. The first-order valence-corrected chi connectivity index (χ1v) is 8.85. The van der Waals surface area contributed by atoms with E-state index in [-0.39, 0.29) is 16.9 Å². The largest absolute Gasteiger partial charge is 0.496 e. The zero-order valence-electron chi connectivity index (χ0n) is 14.3. The van der Waals surface area contributed by atoms with E-state index in [1.165, 1.54) is 0 Å². The van der Waals surface area contributed by atoms with Gasteiger partial charge in [-0.1, -0.05) is 23.9 Å². The molecule has 0 radical (unpaired) electrons. The predicted molar refractivity (Wildman–Crippen MR) is 101 cm³/mol. The molecular weight excluding hydrogens is 368 g/mol. The van der Waals surface area contributed by atoms with E-state index in [0.717, 1.165) is 11.8 Å². The van der Waals surface area contributed by atoms with Crippen LogP contribution in [-0.2, 0) is 4.79 Å². The van der Waals surface area contributed by atoms with E-state index in [2.05, 4.69) is 15.5 Å². The first-order chi connectivity index (χ1) is 13.1. The van der Waals surface area contributed by atoms with Gasteiger partial charge in [-0.05, 0) is 36.4 Å². The highest BCUT2D eigenvalue weighted by atomic mass is 32.2. The lowest BCUT2D eigenvalue weighted by Crippen LogP contribution is -2.15. The molecule has 0 saturated carbocycles. The van der Waals surface area contributed by atoms with Gasteiger partial charge in [-0.2, -0.15) is 0 Å². The lowest BCUT2D eigenvalue weighted by molar-refractivity contribution is -0.113. The highest BCUT2D eigenvalue weighted by Gasteiger charge is 2.14. The van der Waals surface area contributed by atoms with Gasteiger partial charge < -0.3 is 20.2 Å². The summed E-state index contributed by atoms with van der Waals surface area (Å²) in [6.07, 6.45) is 0. The molecule has 0 atom stereocenters. The van der Waals surface area contributed by atoms with E-state index in [4.69, 9.17) is 14.9 Å². The predicted octanol–water partition coefficient (Wildman–Crippen LogP) is 2.57. The summed E-state index contributed by atoms with van der Waals surface area (Å²) in [5.41, 5.74) is 6.79. The van der Waals surface area contributed by atoms with Gasteiger partial charge in [0.25, 0.3) is 11.1 Å². The molecular formula is C18H16N4O4S. The van der Waals surface area contributed by atoms with Gasteiger partial charge in [0.2, 0.25) is 11.8 Å². The molecule has 8 nitrogen and oxygen atoms in total. The summed E-state index contributed by atoms with van der Waals surface area (Å²) in [7, 11) is 1.56. The molecule has 3 aromatic rings. The van der Waals surface area contributed by atoms with Gasteiger partial charge >= 0.3 is 0 Å². The van der Waals surface area contributed by atoms with Crippen molar-refractivity contribution in [1.82, 2.24) is 10.2 Å². The Morgan fingerprint density at radius 3 is 2.59 bits per heavy atom. The number of benzene rings is 2. The Bertz CT molecular complexity index is 956. The third kappa shape index (κ3) is 4.64. The smallest absolute Gasteiger partial charge is 0.277 e. The average molecular weight is 384 g/mol. The van der Waals surface area contributed by atoms with Gasteiger partial charge in [0, 0.05) is 11.3 Å². The second-order valence-electron chi connectivity index (χ2n) is 5.35. The molecule has 0 bridgehead atoms. The molecule has 0 aliphatic heterocycles. The van der Waals surface area contributed by atoms with E-state index in [0.29, 0.717) is 28.5 Å². The number of nitrogens with one attached hydrogen (secondary N) is 1. The van der Waals surface area contributed by atoms with E-state index < -0.39 is 5.91 Å². The molecule has 1 aromatic heterocycles. The van der Waals surface area contributed by atoms with E-state index in [1.54, 1.807) is 37.4 Å². The third-order valence-corrected chi connectivity index (χ3v) is 4.34. The first-order valence-electron chi connectivity index (χ1n) is 7.86. The van der Waals surface area contributed by atoms with Crippen molar-refractivity contribution >= 4 is 29.3 Å². The molecule has 27 heavy (non-hydrogen) atoms. The summed E-state index contributed by atoms with van der Waals surface area (Å²) >= 11 is 1.12. The fraction of sp³-hybridized carbons (Fsp3) is 0.111. The Morgan fingerprint density at radius 1 is 1.15 bits per heavy atom. The topological polar surface area (TPSA) is 120 Å². The Hall–Kier alpha value is -3.33. The molecule has 138 valence electrons. The lowest BCUT2D eigenvalue weighted by atomic mass is 10.2. The Kier molecular flexibility index (Phi) is 5.72. The van der Waals surface area contributed by atoms with Gasteiger partial charge in [-0.15, -0.1) is 10.2 Å². The monoisotopic (exact) mass is 384 g/mol. The van der Waals surface area contributed by atoms with Crippen LogP contribution < -0.4 is 15.8 Å². The Labute approximate surface area is 159 Å². The highest BCUT2D eigenvalue weighted by Crippen LogP contribution is 2.30. The number of nitrogens with two attached hydrogens (primary N) is 1. The second kappa shape index (κ2) is 8.37. The standard InChI is InChI=1S/C18H16N4O4S/c1-25-14-5-3-2-4-13(14)17-21-22-18(26-17)27-10-15(23)20-12-8-6-11(7-9-12)16(19)24/h2-9H,10H2,1H3,(H2,19,24)(H,20,23). The fourth-order valence-corrected chi connectivity index (χ4v) is 2.80. The number of aromatic nitrogens is 2. The maximum atomic E-state index is 12.0. The molecule has 3 rings (SSSR count). The van der Waals surface area contributed by atoms with Crippen LogP contribution in [0.1, 0.15) is 10.4 Å². The van der Waals surface area contributed by atoms with Crippen LogP contribution in [0, 0.1) is 0 Å². The summed E-state index contributed by atoms with van der Waals surface area (Å²) in [4.78, 5) is 23.1. The molecule has 0 unspecified atom stereocenters. The van der Waals surface area contributed by atoms with Crippen LogP contribution in [0.4, 0.5) is 5.69 Å². The van der Waals surface area contributed by atoms with Crippen molar-refractivity contribution in [1.29, 1.82) is 0 Å². The minimum atomic E-state index is -0.523. The third-order valence-electron chi connectivity index (χ3n) is 3.52. The number of hydrogen-bond donors (Lipinski definition) is 2. The molecule has 3 N–H and O–H groups in total. The van der Waals surface area contributed by atoms with Crippen LogP contribution in [0.5, 0.6) is 5.75 Å². The molecule has 0 aliphatic rings. The summed E-state index contributed by atoms with van der Waals surface area (Å²) in [5.74, 6) is 0.257. The van der Waals surface area contributed by atoms with Gasteiger partial charge in [0.15, 0.2) is 0 Å². The van der Waals surface area contributed by atoms with Crippen LogP contribution >= 0.6 is 11.8 Å². The number of para-hydroxylation sites is 1. The van der Waals surface area contributed by atoms with Crippen molar-refractivity contribution in [3.8, 4) is 17.2 Å². The van der Waals surface area contributed by atoms with E-state index in [1.807, 2.05) is 18.2 Å². The molecule has 0 fully saturated rings. The number of nitrogens with zero attached hydrogens (tertiary/aromatic N) is 2. The number of hydrogen-bond acceptors (Lipinski definition) is 7. The Morgan fingerprint density at radius 2 is 1.89 bits per heavy atom. The summed E-state index contributed by atoms with van der Waals surface area (Å²) < 4.78 is 10.9. The first kappa shape index (κ1) is 18.5. The minimum absolute atomic E-state index is 0.0884. The zero-order chi connectivity index (χ0) is 19.2. The lowest BCUT2D eigenvalue weighted by Gasteiger charge is -2.04. The van der Waals surface area contributed by atoms with E-state index >= 15 is 0 Å². The van der Waals surface area contributed by atoms with Crippen molar-refractivity contribution in [3.05, 3.63) is 54.1 Å². The van der Waals surface area contributed by atoms with Gasteiger partial charge in [-0.3, -0.25) is 9.59 Å². The second-order valence-corrected chi connectivity index (χ2v) is 6.28. The van der Waals surface area contributed by atoms with Crippen molar-refractivity contribution in [2.75, 3.05) is 18.2 Å². The number of methoxy groups -OCH3 is 1. The molecule has 1 heterocycles. The van der Waals surface area contributed by atoms with Crippen LogP contribution in [0.25, 0.3) is 11.5 Å². The number of carbonyl (C=O) groups excluding carboxylic acids is 2. The quantitative estimate of drug-likeness (QED) is 0.601. The summed E-state index contributed by atoms with van der Waals surface area (Å²) in [6, 6.07) is 13.6. The Balaban J connectivity index is 1.58. The number of anilines is 1. The molecule has 2 aromatic carbocycles. The van der Waals surface area contributed by atoms with Crippen molar-refractivity contribution in [3.63, 3.8) is 0 Å². The van der Waals surface area contributed by atoms with Crippen LogP contribution in [0.2, 0.25) is 0 Å². The van der Waals surface area contributed by atoms with Gasteiger partial charge in [0.05, 0.1) is 18.4 Å².